The number of fused-ring (bicyclic) bond motifs is 1. The molecule has 2 saturated heterocycles. The standard InChI is InChI=1S/C15H20ClN3O2/c1-9-7-18-4-2-3-11(18)8-19(9)14-12(15(20)21)5-10(17)6-13(14)16/h5-6,9,11H,2-4,7-8,17H2,1H3,(H,20,21). The van der Waals surface area contributed by atoms with Crippen molar-refractivity contribution in [2.75, 3.05) is 30.3 Å². The number of piperazine rings is 1. The van der Waals surface area contributed by atoms with Crippen LogP contribution in [0.5, 0.6) is 0 Å². The Morgan fingerprint density at radius 2 is 2.19 bits per heavy atom. The van der Waals surface area contributed by atoms with Gasteiger partial charge in [-0.15, -0.1) is 0 Å². The number of hydrogen-bond acceptors (Lipinski definition) is 4. The zero-order valence-electron chi connectivity index (χ0n) is 12.1. The minimum Gasteiger partial charge on any atom is -0.478 e. The number of nitrogen functional groups attached to an aromatic ring is 1. The maximum Gasteiger partial charge on any atom is 0.337 e. The fraction of sp³-hybridized carbons (Fsp3) is 0.533. The van der Waals surface area contributed by atoms with Crippen molar-refractivity contribution in [1.29, 1.82) is 0 Å². The van der Waals surface area contributed by atoms with E-state index < -0.39 is 5.97 Å². The molecule has 3 N–H and O–H groups in total. The zero-order valence-corrected chi connectivity index (χ0v) is 12.8. The molecule has 0 aromatic heterocycles. The van der Waals surface area contributed by atoms with Crippen LogP contribution in [-0.2, 0) is 0 Å². The van der Waals surface area contributed by atoms with E-state index in [4.69, 9.17) is 17.3 Å². The van der Waals surface area contributed by atoms with Gasteiger partial charge in [0.25, 0.3) is 0 Å². The molecule has 6 heteroatoms. The second kappa shape index (κ2) is 5.39. The minimum absolute atomic E-state index is 0.193. The number of anilines is 2. The number of carboxylic acids is 1. The lowest BCUT2D eigenvalue weighted by molar-refractivity contribution is 0.0697. The lowest BCUT2D eigenvalue weighted by Gasteiger charge is -2.44. The van der Waals surface area contributed by atoms with E-state index in [1.54, 1.807) is 6.07 Å². The van der Waals surface area contributed by atoms with Crippen LogP contribution in [0, 0.1) is 0 Å². The van der Waals surface area contributed by atoms with Gasteiger partial charge in [-0.05, 0) is 38.4 Å². The number of carbonyl (C=O) groups is 1. The number of nitrogens with zero attached hydrogens (tertiary/aromatic N) is 2. The van der Waals surface area contributed by atoms with Crippen LogP contribution < -0.4 is 10.6 Å². The molecule has 0 spiro atoms. The highest BCUT2D eigenvalue weighted by Gasteiger charge is 2.36. The number of hydrogen-bond donors (Lipinski definition) is 2. The molecule has 0 radical (unpaired) electrons. The molecular weight excluding hydrogens is 290 g/mol. The molecule has 2 atom stereocenters. The highest BCUT2D eigenvalue weighted by atomic mass is 35.5. The average Bonchev–Trinajstić information content (AvgIpc) is 2.84. The summed E-state index contributed by atoms with van der Waals surface area (Å²) in [5, 5.41) is 9.89. The minimum atomic E-state index is -0.986. The fourth-order valence-electron chi connectivity index (χ4n) is 3.57. The van der Waals surface area contributed by atoms with E-state index in [9.17, 15) is 9.90 Å². The molecule has 5 nitrogen and oxygen atoms in total. The van der Waals surface area contributed by atoms with Gasteiger partial charge in [-0.3, -0.25) is 4.90 Å². The van der Waals surface area contributed by atoms with Crippen LogP contribution in [0.1, 0.15) is 30.1 Å². The number of carboxylic acid groups (broad SMARTS) is 1. The Kier molecular flexibility index (Phi) is 3.71. The largest absolute Gasteiger partial charge is 0.478 e. The Bertz CT molecular complexity index is 578. The van der Waals surface area contributed by atoms with E-state index in [1.165, 1.54) is 12.5 Å². The zero-order chi connectivity index (χ0) is 15.1. The van der Waals surface area contributed by atoms with Gasteiger partial charge in [0, 0.05) is 30.9 Å². The first-order valence-electron chi connectivity index (χ1n) is 7.30. The predicted molar refractivity (Wildman–Crippen MR) is 84.2 cm³/mol. The van der Waals surface area contributed by atoms with Crippen molar-refractivity contribution in [3.05, 3.63) is 22.7 Å². The van der Waals surface area contributed by atoms with Crippen molar-refractivity contribution >= 4 is 28.9 Å². The topological polar surface area (TPSA) is 69.8 Å². The highest BCUT2D eigenvalue weighted by molar-refractivity contribution is 6.34. The maximum absolute atomic E-state index is 11.6. The van der Waals surface area contributed by atoms with Gasteiger partial charge >= 0.3 is 5.97 Å². The second-order valence-electron chi connectivity index (χ2n) is 6.00. The van der Waals surface area contributed by atoms with Gasteiger partial charge in [0.1, 0.15) is 0 Å². The van der Waals surface area contributed by atoms with Crippen molar-refractivity contribution in [3.8, 4) is 0 Å². The van der Waals surface area contributed by atoms with E-state index in [2.05, 4.69) is 16.7 Å². The SMILES string of the molecule is CC1CN2CCCC2CN1c1c(Cl)cc(N)cc1C(=O)O. The molecule has 1 aromatic rings. The Labute approximate surface area is 129 Å². The quantitative estimate of drug-likeness (QED) is 0.820. The Hall–Kier alpha value is -1.46. The van der Waals surface area contributed by atoms with Crippen molar-refractivity contribution < 1.29 is 9.90 Å². The number of rotatable bonds is 2. The molecule has 2 aliphatic heterocycles. The third-order valence-corrected chi connectivity index (χ3v) is 4.83. The van der Waals surface area contributed by atoms with Crippen molar-refractivity contribution in [2.24, 2.45) is 0 Å². The molecule has 2 fully saturated rings. The number of nitrogens with two attached hydrogens (primary N) is 1. The van der Waals surface area contributed by atoms with Crippen LogP contribution in [0.25, 0.3) is 0 Å². The molecule has 2 aliphatic rings. The van der Waals surface area contributed by atoms with Gasteiger partial charge in [0.15, 0.2) is 0 Å². The molecule has 0 aliphatic carbocycles. The van der Waals surface area contributed by atoms with E-state index in [-0.39, 0.29) is 11.6 Å². The van der Waals surface area contributed by atoms with Crippen LogP contribution in [-0.4, -0.2) is 47.7 Å². The van der Waals surface area contributed by atoms with Gasteiger partial charge in [-0.2, -0.15) is 0 Å². The third-order valence-electron chi connectivity index (χ3n) is 4.54. The summed E-state index contributed by atoms with van der Waals surface area (Å²) in [6.07, 6.45) is 2.38. The monoisotopic (exact) mass is 309 g/mol. The van der Waals surface area contributed by atoms with E-state index in [0.717, 1.165) is 26.1 Å². The Morgan fingerprint density at radius 3 is 2.90 bits per heavy atom. The van der Waals surface area contributed by atoms with E-state index in [0.29, 0.717) is 22.4 Å². The van der Waals surface area contributed by atoms with Crippen LogP contribution in [0.15, 0.2) is 12.1 Å². The molecule has 2 heterocycles. The fourth-order valence-corrected chi connectivity index (χ4v) is 3.91. The first-order chi connectivity index (χ1) is 9.97. The van der Waals surface area contributed by atoms with E-state index >= 15 is 0 Å². The summed E-state index contributed by atoms with van der Waals surface area (Å²) < 4.78 is 0. The molecule has 3 rings (SSSR count). The van der Waals surface area contributed by atoms with Crippen LogP contribution in [0.2, 0.25) is 5.02 Å². The Morgan fingerprint density at radius 1 is 1.43 bits per heavy atom. The van der Waals surface area contributed by atoms with E-state index in [1.807, 2.05) is 0 Å². The number of halogens is 1. The first-order valence-corrected chi connectivity index (χ1v) is 7.68. The molecule has 0 bridgehead atoms. The smallest absolute Gasteiger partial charge is 0.337 e. The van der Waals surface area contributed by atoms with Crippen LogP contribution in [0.3, 0.4) is 0 Å². The number of benzene rings is 1. The average molecular weight is 310 g/mol. The lowest BCUT2D eigenvalue weighted by Crippen LogP contribution is -2.55. The van der Waals surface area contributed by atoms with Gasteiger partial charge in [-0.25, -0.2) is 4.79 Å². The molecule has 21 heavy (non-hydrogen) atoms. The molecule has 0 saturated carbocycles. The normalized spacial score (nSPS) is 25.9. The lowest BCUT2D eigenvalue weighted by atomic mass is 10.0. The summed E-state index contributed by atoms with van der Waals surface area (Å²) in [6, 6.07) is 3.86. The van der Waals surface area contributed by atoms with Gasteiger partial charge in [-0.1, -0.05) is 11.6 Å². The van der Waals surface area contributed by atoms with Gasteiger partial charge in [0.2, 0.25) is 0 Å². The molecule has 1 aromatic carbocycles. The van der Waals surface area contributed by atoms with Crippen LogP contribution >= 0.6 is 11.6 Å². The Balaban J connectivity index is 2.01. The van der Waals surface area contributed by atoms with Gasteiger partial charge in [0.05, 0.1) is 16.3 Å². The molecule has 2 unspecified atom stereocenters. The first kappa shape index (κ1) is 14.5. The third kappa shape index (κ3) is 2.56. The summed E-state index contributed by atoms with van der Waals surface area (Å²) in [4.78, 5) is 16.2. The number of aromatic carboxylic acids is 1. The maximum atomic E-state index is 11.6. The molecular formula is C15H20ClN3O2. The highest BCUT2D eigenvalue weighted by Crippen LogP contribution is 2.37. The summed E-state index contributed by atoms with van der Waals surface area (Å²) in [7, 11) is 0. The summed E-state index contributed by atoms with van der Waals surface area (Å²) in [5.41, 5.74) is 6.93. The summed E-state index contributed by atoms with van der Waals surface area (Å²) in [5.74, 6) is -0.986. The predicted octanol–water partition coefficient (Wildman–Crippen LogP) is 2.29. The molecule has 114 valence electrons. The van der Waals surface area contributed by atoms with Crippen LogP contribution in [0.4, 0.5) is 11.4 Å². The summed E-state index contributed by atoms with van der Waals surface area (Å²) >= 11 is 6.32. The molecule has 0 amide bonds. The summed E-state index contributed by atoms with van der Waals surface area (Å²) in [6.45, 7) is 5.03. The van der Waals surface area contributed by atoms with Gasteiger partial charge < -0.3 is 15.7 Å². The van der Waals surface area contributed by atoms with Crippen molar-refractivity contribution in [1.82, 2.24) is 4.90 Å². The second-order valence-corrected chi connectivity index (χ2v) is 6.40. The van der Waals surface area contributed by atoms with Crippen molar-refractivity contribution in [2.45, 2.75) is 31.8 Å². The van der Waals surface area contributed by atoms with Crippen molar-refractivity contribution in [3.63, 3.8) is 0 Å².